The maximum Gasteiger partial charge on any atom is 0.159 e. The molecule has 41 heavy (non-hydrogen) atoms. The lowest BCUT2D eigenvalue weighted by atomic mass is 9.98. The van der Waals surface area contributed by atoms with Crippen molar-refractivity contribution in [2.24, 2.45) is 0 Å². The fourth-order valence-corrected chi connectivity index (χ4v) is 7.54. The number of thiophene rings is 1. The summed E-state index contributed by atoms with van der Waals surface area (Å²) in [5.74, 6) is 0. The molecule has 6 aromatic carbocycles. The van der Waals surface area contributed by atoms with Crippen LogP contribution in [0.1, 0.15) is 5.56 Å². The zero-order valence-corrected chi connectivity index (χ0v) is 22.6. The normalized spacial score (nSPS) is 11.9. The third-order valence-electron chi connectivity index (χ3n) is 8.23. The average Bonchev–Trinajstić information content (AvgIpc) is 3.70. The first-order chi connectivity index (χ1) is 20.3. The van der Waals surface area contributed by atoms with Gasteiger partial charge < -0.3 is 8.98 Å². The van der Waals surface area contributed by atoms with Crippen molar-refractivity contribution in [3.8, 4) is 22.9 Å². The summed E-state index contributed by atoms with van der Waals surface area (Å²) in [6.07, 6.45) is 0. The van der Waals surface area contributed by atoms with Crippen LogP contribution >= 0.6 is 11.3 Å². The van der Waals surface area contributed by atoms with Gasteiger partial charge in [0.25, 0.3) is 0 Å². The van der Waals surface area contributed by atoms with Gasteiger partial charge in [-0.2, -0.15) is 5.26 Å². The van der Waals surface area contributed by atoms with Crippen LogP contribution in [0, 0.1) is 11.3 Å². The minimum Gasteiger partial charge on any atom is -0.452 e. The molecule has 0 aliphatic rings. The number of nitriles is 1. The molecule has 0 saturated heterocycles. The third-order valence-corrected chi connectivity index (χ3v) is 9.36. The second kappa shape index (κ2) is 8.32. The second-order valence-corrected chi connectivity index (χ2v) is 11.5. The van der Waals surface area contributed by atoms with Crippen molar-refractivity contribution < 1.29 is 4.42 Å². The van der Waals surface area contributed by atoms with Crippen molar-refractivity contribution in [1.29, 1.82) is 5.26 Å². The molecule has 190 valence electrons. The van der Waals surface area contributed by atoms with Crippen LogP contribution in [0.2, 0.25) is 0 Å². The van der Waals surface area contributed by atoms with E-state index in [9.17, 15) is 5.26 Å². The summed E-state index contributed by atoms with van der Waals surface area (Å²) in [4.78, 5) is 0. The minimum atomic E-state index is 0.540. The number of hydrogen-bond acceptors (Lipinski definition) is 3. The van der Waals surface area contributed by atoms with Crippen molar-refractivity contribution in [1.82, 2.24) is 4.57 Å². The van der Waals surface area contributed by atoms with E-state index >= 15 is 0 Å². The molecule has 4 heteroatoms. The van der Waals surface area contributed by atoms with Crippen molar-refractivity contribution in [3.63, 3.8) is 0 Å². The van der Waals surface area contributed by atoms with E-state index in [2.05, 4.69) is 126 Å². The molecule has 3 nitrogen and oxygen atoms in total. The van der Waals surface area contributed by atoms with Gasteiger partial charge in [0.15, 0.2) is 11.2 Å². The van der Waals surface area contributed by atoms with Gasteiger partial charge in [-0.05, 0) is 53.6 Å². The van der Waals surface area contributed by atoms with Gasteiger partial charge in [0, 0.05) is 41.7 Å². The zero-order chi connectivity index (χ0) is 27.1. The average molecular weight is 541 g/mol. The van der Waals surface area contributed by atoms with Crippen LogP contribution in [0.4, 0.5) is 0 Å². The highest BCUT2D eigenvalue weighted by Crippen LogP contribution is 2.41. The highest BCUT2D eigenvalue weighted by atomic mass is 32.1. The van der Waals surface area contributed by atoms with Gasteiger partial charge in [0.2, 0.25) is 0 Å². The molecule has 0 unspecified atom stereocenters. The Hall–Kier alpha value is -5.37. The number of hydrogen-bond donors (Lipinski definition) is 0. The lowest BCUT2D eigenvalue weighted by molar-refractivity contribution is 0.665. The monoisotopic (exact) mass is 540 g/mol. The molecule has 0 spiro atoms. The SMILES string of the molecule is N#Cc1cc(-c2ccc3c(c2)sc2ccccc23)cc2c1oc1c(-n3c4ccccc4c4ccccc43)cccc12. The molecule has 3 aromatic heterocycles. The van der Waals surface area contributed by atoms with Gasteiger partial charge in [-0.1, -0.05) is 78.9 Å². The predicted octanol–water partition coefficient (Wildman–Crippen LogP) is 10.6. The summed E-state index contributed by atoms with van der Waals surface area (Å²) in [5, 5.41) is 17.1. The Balaban J connectivity index is 1.31. The van der Waals surface area contributed by atoms with E-state index < -0.39 is 0 Å². The van der Waals surface area contributed by atoms with Gasteiger partial charge in [-0.15, -0.1) is 11.3 Å². The lowest BCUT2D eigenvalue weighted by Gasteiger charge is -2.08. The smallest absolute Gasteiger partial charge is 0.159 e. The Bertz CT molecular complexity index is 2500. The summed E-state index contributed by atoms with van der Waals surface area (Å²) >= 11 is 1.80. The van der Waals surface area contributed by atoms with Crippen molar-refractivity contribution in [3.05, 3.63) is 127 Å². The van der Waals surface area contributed by atoms with Crippen LogP contribution < -0.4 is 0 Å². The quantitative estimate of drug-likeness (QED) is 0.219. The van der Waals surface area contributed by atoms with E-state index in [4.69, 9.17) is 4.42 Å². The van der Waals surface area contributed by atoms with Gasteiger partial charge in [-0.3, -0.25) is 0 Å². The molecule has 0 N–H and O–H groups in total. The Morgan fingerprint density at radius 2 is 1.22 bits per heavy atom. The largest absolute Gasteiger partial charge is 0.452 e. The molecule has 0 aliphatic carbocycles. The summed E-state index contributed by atoms with van der Waals surface area (Å²) in [5.41, 5.74) is 7.27. The van der Waals surface area contributed by atoms with E-state index in [1.165, 1.54) is 30.9 Å². The summed E-state index contributed by atoms with van der Waals surface area (Å²) in [7, 11) is 0. The number of furan rings is 1. The van der Waals surface area contributed by atoms with Crippen molar-refractivity contribution in [2.75, 3.05) is 0 Å². The van der Waals surface area contributed by atoms with E-state index in [-0.39, 0.29) is 0 Å². The molecule has 3 heterocycles. The fourth-order valence-electron chi connectivity index (χ4n) is 6.40. The van der Waals surface area contributed by atoms with Crippen LogP contribution in [0.15, 0.2) is 126 Å². The molecular weight excluding hydrogens is 520 g/mol. The van der Waals surface area contributed by atoms with Crippen LogP contribution in [0.25, 0.3) is 80.7 Å². The van der Waals surface area contributed by atoms with Crippen molar-refractivity contribution >= 4 is 75.3 Å². The molecular formula is C37H20N2OS. The second-order valence-electron chi connectivity index (χ2n) is 10.4. The number of benzene rings is 6. The number of rotatable bonds is 2. The van der Waals surface area contributed by atoms with Crippen LogP contribution in [0.3, 0.4) is 0 Å². The lowest BCUT2D eigenvalue weighted by Crippen LogP contribution is -1.93. The van der Waals surface area contributed by atoms with Gasteiger partial charge in [0.1, 0.15) is 6.07 Å². The maximum atomic E-state index is 10.2. The standard InChI is InChI=1S/C37H20N2OS/c38-21-24-18-23(22-16-17-28-27-10-3-6-15-34(27)41-35(28)20-22)19-30-29-11-7-14-33(37(29)40-36(24)30)39-31-12-4-1-8-25(31)26-9-2-5-13-32(26)39/h1-20H. The van der Waals surface area contributed by atoms with E-state index in [1.54, 1.807) is 11.3 Å². The van der Waals surface area contributed by atoms with E-state index in [0.29, 0.717) is 11.1 Å². The molecule has 0 fully saturated rings. The molecule has 9 aromatic rings. The molecule has 9 rings (SSSR count). The van der Waals surface area contributed by atoms with E-state index in [0.717, 1.165) is 44.2 Å². The fraction of sp³-hybridized carbons (Fsp3) is 0. The first-order valence-corrected chi connectivity index (χ1v) is 14.4. The van der Waals surface area contributed by atoms with Crippen LogP contribution in [0.5, 0.6) is 0 Å². The van der Waals surface area contributed by atoms with Gasteiger partial charge >= 0.3 is 0 Å². The molecule has 0 radical (unpaired) electrons. The van der Waals surface area contributed by atoms with Gasteiger partial charge in [0.05, 0.1) is 22.3 Å². The Morgan fingerprint density at radius 3 is 2.00 bits per heavy atom. The topological polar surface area (TPSA) is 41.9 Å². The number of fused-ring (bicyclic) bond motifs is 9. The Morgan fingerprint density at radius 1 is 0.537 bits per heavy atom. The molecule has 0 bridgehead atoms. The van der Waals surface area contributed by atoms with Crippen molar-refractivity contribution in [2.45, 2.75) is 0 Å². The highest BCUT2D eigenvalue weighted by Gasteiger charge is 2.19. The predicted molar refractivity (Wildman–Crippen MR) is 171 cm³/mol. The first-order valence-electron chi connectivity index (χ1n) is 13.6. The number of para-hydroxylation sites is 3. The summed E-state index contributed by atoms with van der Waals surface area (Å²) < 4.78 is 11.4. The highest BCUT2D eigenvalue weighted by molar-refractivity contribution is 7.25. The van der Waals surface area contributed by atoms with Crippen LogP contribution in [-0.4, -0.2) is 4.57 Å². The number of nitrogens with zero attached hydrogens (tertiary/aromatic N) is 2. The summed E-state index contributed by atoms with van der Waals surface area (Å²) in [6, 6.07) is 44.9. The molecule has 0 aliphatic heterocycles. The summed E-state index contributed by atoms with van der Waals surface area (Å²) in [6.45, 7) is 0. The van der Waals surface area contributed by atoms with Crippen LogP contribution in [-0.2, 0) is 0 Å². The maximum absolute atomic E-state index is 10.2. The molecule has 0 atom stereocenters. The molecule has 0 amide bonds. The third kappa shape index (κ3) is 3.12. The van der Waals surface area contributed by atoms with E-state index in [1.807, 2.05) is 6.07 Å². The van der Waals surface area contributed by atoms with Gasteiger partial charge in [-0.25, -0.2) is 0 Å². The number of aromatic nitrogens is 1. The zero-order valence-electron chi connectivity index (χ0n) is 21.8. The molecule has 0 saturated carbocycles. The Kier molecular flexibility index (Phi) is 4.55. The Labute approximate surface area is 238 Å². The minimum absolute atomic E-state index is 0.540. The first kappa shape index (κ1) is 22.4.